The monoisotopic (exact) mass is 516 g/mol. The summed E-state index contributed by atoms with van der Waals surface area (Å²) < 4.78 is 5.20. The Balaban J connectivity index is 1.59. The van der Waals surface area contributed by atoms with Crippen LogP contribution in [0.5, 0.6) is 0 Å². The van der Waals surface area contributed by atoms with E-state index in [4.69, 9.17) is 4.74 Å². The Morgan fingerprint density at radius 1 is 0.973 bits per heavy atom. The van der Waals surface area contributed by atoms with Crippen LogP contribution in [0.4, 0.5) is 0 Å². The number of hydrogen-bond donors (Lipinski definition) is 3. The van der Waals surface area contributed by atoms with Crippen molar-refractivity contribution in [3.63, 3.8) is 0 Å². The minimum atomic E-state index is -0.812. The standard InChI is InChI=1S/C31H48O6/c1-26(25(36)37-6)13-15-31(24(34)35)16-14-29(4)19(20(31)17-26)7-8-22-27(2)11-10-23(33)28(3,18-32)21(27)9-12-30(22,29)5/h7,20-23,32-33H,8-18H2,1-6H3,(H,34,35)/t20-,21?,22-,23+,26-,27+,28+,29-,30-,31+/m1/s1. The Bertz CT molecular complexity index is 1020. The number of methoxy groups -OCH3 is 1. The van der Waals surface area contributed by atoms with E-state index in [2.05, 4.69) is 33.8 Å². The first-order valence-corrected chi connectivity index (χ1v) is 14.5. The van der Waals surface area contributed by atoms with Crippen LogP contribution >= 0.6 is 0 Å². The van der Waals surface area contributed by atoms with Gasteiger partial charge in [-0.25, -0.2) is 0 Å². The van der Waals surface area contributed by atoms with Crippen LogP contribution in [0, 0.1) is 50.2 Å². The summed E-state index contributed by atoms with van der Waals surface area (Å²) in [5.41, 5.74) is -0.843. The number of esters is 1. The molecule has 0 heterocycles. The number of aliphatic hydroxyl groups excluding tert-OH is 2. The van der Waals surface area contributed by atoms with E-state index in [-0.39, 0.29) is 40.7 Å². The van der Waals surface area contributed by atoms with Crippen LogP contribution in [0.15, 0.2) is 11.6 Å². The van der Waals surface area contributed by atoms with Gasteiger partial charge in [-0.2, -0.15) is 0 Å². The summed E-state index contributed by atoms with van der Waals surface area (Å²) in [4.78, 5) is 25.7. The van der Waals surface area contributed by atoms with E-state index in [1.807, 2.05) is 6.92 Å². The second-order valence-corrected chi connectivity index (χ2v) is 14.8. The molecule has 5 aliphatic rings. The van der Waals surface area contributed by atoms with Crippen LogP contribution in [0.25, 0.3) is 0 Å². The van der Waals surface area contributed by atoms with E-state index in [1.165, 1.54) is 12.7 Å². The summed E-state index contributed by atoms with van der Waals surface area (Å²) in [6.07, 6.45) is 9.54. The summed E-state index contributed by atoms with van der Waals surface area (Å²) in [5.74, 6) is -0.449. The summed E-state index contributed by atoms with van der Waals surface area (Å²) in [5, 5.41) is 31.9. The molecule has 4 saturated carbocycles. The third-order valence-corrected chi connectivity index (χ3v) is 13.6. The molecule has 4 fully saturated rings. The van der Waals surface area contributed by atoms with Crippen molar-refractivity contribution >= 4 is 11.9 Å². The number of aliphatic hydroxyl groups is 2. The molecule has 0 spiro atoms. The zero-order valence-electron chi connectivity index (χ0n) is 23.7. The highest BCUT2D eigenvalue weighted by Gasteiger charge is 2.70. The minimum Gasteiger partial charge on any atom is -0.481 e. The molecule has 208 valence electrons. The minimum absolute atomic E-state index is 0.00315. The molecule has 5 aliphatic carbocycles. The van der Waals surface area contributed by atoms with Crippen LogP contribution in [-0.2, 0) is 14.3 Å². The van der Waals surface area contributed by atoms with Crippen molar-refractivity contribution in [2.45, 2.75) is 105 Å². The first kappa shape index (κ1) is 27.2. The molecule has 0 aliphatic heterocycles. The molecular weight excluding hydrogens is 468 g/mol. The van der Waals surface area contributed by atoms with Crippen molar-refractivity contribution in [1.82, 2.24) is 0 Å². The second kappa shape index (κ2) is 8.30. The summed E-state index contributed by atoms with van der Waals surface area (Å²) in [7, 11) is 1.43. The lowest BCUT2D eigenvalue weighted by Gasteiger charge is -2.71. The highest BCUT2D eigenvalue weighted by Crippen LogP contribution is 2.75. The average molecular weight is 517 g/mol. The van der Waals surface area contributed by atoms with Crippen LogP contribution in [0.3, 0.4) is 0 Å². The van der Waals surface area contributed by atoms with Gasteiger partial charge in [0.1, 0.15) is 0 Å². The lowest BCUT2D eigenvalue weighted by molar-refractivity contribution is -0.217. The van der Waals surface area contributed by atoms with Gasteiger partial charge in [0.25, 0.3) is 0 Å². The number of carboxylic acids is 1. The molecular formula is C31H48O6. The Hall–Kier alpha value is -1.40. The number of carbonyl (C=O) groups is 2. The first-order chi connectivity index (χ1) is 17.2. The second-order valence-electron chi connectivity index (χ2n) is 14.8. The van der Waals surface area contributed by atoms with Gasteiger partial charge in [0.05, 0.1) is 30.7 Å². The Morgan fingerprint density at radius 3 is 2.27 bits per heavy atom. The van der Waals surface area contributed by atoms with E-state index in [9.17, 15) is 24.9 Å². The summed E-state index contributed by atoms with van der Waals surface area (Å²) >= 11 is 0. The average Bonchev–Trinajstić information content (AvgIpc) is 2.86. The number of hydrogen-bond acceptors (Lipinski definition) is 5. The molecule has 6 heteroatoms. The maximum Gasteiger partial charge on any atom is 0.311 e. The van der Waals surface area contributed by atoms with Crippen LogP contribution in [-0.4, -0.2) is 47.1 Å². The molecule has 37 heavy (non-hydrogen) atoms. The largest absolute Gasteiger partial charge is 0.481 e. The van der Waals surface area contributed by atoms with Gasteiger partial charge in [0, 0.05) is 5.41 Å². The fourth-order valence-corrected chi connectivity index (χ4v) is 10.9. The van der Waals surface area contributed by atoms with Crippen molar-refractivity contribution in [2.24, 2.45) is 50.2 Å². The first-order valence-electron chi connectivity index (χ1n) is 14.5. The fraction of sp³-hybridized carbons (Fsp3) is 0.871. The van der Waals surface area contributed by atoms with E-state index < -0.39 is 28.3 Å². The molecule has 0 aromatic carbocycles. The SMILES string of the molecule is COC(=O)[C@]1(C)CC[C@]2(C(=O)O)CC[C@]3(C)C(=CC[C@@H]4[C@@]5(C)CC[C@H](O)[C@@](C)(CO)C5CC[C@]43C)[C@H]2C1. The number of carbonyl (C=O) groups excluding carboxylic acids is 1. The number of fused-ring (bicyclic) bond motifs is 7. The summed E-state index contributed by atoms with van der Waals surface area (Å²) in [6.45, 7) is 11.3. The maximum atomic E-state index is 12.9. The Kier molecular flexibility index (Phi) is 6.10. The molecule has 1 unspecified atom stereocenters. The van der Waals surface area contributed by atoms with Gasteiger partial charge < -0.3 is 20.1 Å². The topological polar surface area (TPSA) is 104 Å². The summed E-state index contributed by atoms with van der Waals surface area (Å²) in [6, 6.07) is 0. The molecule has 3 N–H and O–H groups in total. The molecule has 0 aromatic rings. The van der Waals surface area contributed by atoms with Crippen molar-refractivity contribution in [2.75, 3.05) is 13.7 Å². The molecule has 0 aromatic heterocycles. The highest BCUT2D eigenvalue weighted by atomic mass is 16.5. The van der Waals surface area contributed by atoms with Crippen molar-refractivity contribution in [3.8, 4) is 0 Å². The quantitative estimate of drug-likeness (QED) is 0.345. The number of rotatable bonds is 3. The predicted octanol–water partition coefficient (Wildman–Crippen LogP) is 5.36. The van der Waals surface area contributed by atoms with Gasteiger partial charge in [0.2, 0.25) is 0 Å². The van der Waals surface area contributed by atoms with E-state index >= 15 is 0 Å². The molecule has 5 rings (SSSR count). The van der Waals surface area contributed by atoms with Gasteiger partial charge in [0.15, 0.2) is 0 Å². The number of ether oxygens (including phenoxy) is 1. The number of carboxylic acid groups (broad SMARTS) is 1. The molecule has 0 saturated heterocycles. The van der Waals surface area contributed by atoms with Crippen LogP contribution < -0.4 is 0 Å². The fourth-order valence-electron chi connectivity index (χ4n) is 10.9. The van der Waals surface area contributed by atoms with Gasteiger partial charge in [-0.15, -0.1) is 0 Å². The van der Waals surface area contributed by atoms with E-state index in [1.54, 1.807) is 0 Å². The highest BCUT2D eigenvalue weighted by molar-refractivity contribution is 5.80. The molecule has 0 radical (unpaired) electrons. The normalized spacial score (nSPS) is 53.0. The molecule has 6 nitrogen and oxygen atoms in total. The van der Waals surface area contributed by atoms with Crippen LogP contribution in [0.2, 0.25) is 0 Å². The van der Waals surface area contributed by atoms with Gasteiger partial charge in [-0.1, -0.05) is 39.3 Å². The van der Waals surface area contributed by atoms with Gasteiger partial charge in [-0.3, -0.25) is 9.59 Å². The van der Waals surface area contributed by atoms with Crippen molar-refractivity contribution in [3.05, 3.63) is 11.6 Å². The zero-order chi connectivity index (χ0) is 27.2. The smallest absolute Gasteiger partial charge is 0.311 e. The van der Waals surface area contributed by atoms with Gasteiger partial charge in [-0.05, 0) is 105 Å². The molecule has 0 amide bonds. The van der Waals surface area contributed by atoms with E-state index in [0.717, 1.165) is 32.1 Å². The van der Waals surface area contributed by atoms with Crippen LogP contribution in [0.1, 0.15) is 98.8 Å². The third kappa shape index (κ3) is 3.24. The molecule has 0 bridgehead atoms. The van der Waals surface area contributed by atoms with Crippen molar-refractivity contribution in [1.29, 1.82) is 0 Å². The zero-order valence-corrected chi connectivity index (χ0v) is 23.7. The lowest BCUT2D eigenvalue weighted by atomic mass is 9.33. The predicted molar refractivity (Wildman–Crippen MR) is 140 cm³/mol. The number of allylic oxidation sites excluding steroid dienone is 2. The lowest BCUT2D eigenvalue weighted by Crippen LogP contribution is -2.66. The van der Waals surface area contributed by atoms with Crippen molar-refractivity contribution < 1.29 is 29.6 Å². The number of aliphatic carboxylic acids is 1. The van der Waals surface area contributed by atoms with Gasteiger partial charge >= 0.3 is 11.9 Å². The van der Waals surface area contributed by atoms with E-state index in [0.29, 0.717) is 38.0 Å². The Labute approximate surface area is 222 Å². The Morgan fingerprint density at radius 2 is 1.65 bits per heavy atom. The maximum absolute atomic E-state index is 12.9. The third-order valence-electron chi connectivity index (χ3n) is 13.6. The molecule has 10 atom stereocenters.